The molecule has 0 saturated carbocycles. The van der Waals surface area contributed by atoms with Gasteiger partial charge in [-0.25, -0.2) is 9.59 Å². The standard InChI is InChI=1S/C24H28ClNO5/c1-15-7-6-8-17(20(15)25)14-30-18-9-10-19-16(13-18)11-12-26(21(19)22(27)29-5)23(28)31-24(2,3)4/h6-10,13,21H,11-12,14H2,1-5H3/t21-/m1/s1. The Balaban J connectivity index is 1.83. The van der Waals surface area contributed by atoms with Gasteiger partial charge >= 0.3 is 12.1 Å². The van der Waals surface area contributed by atoms with Crippen molar-refractivity contribution in [1.29, 1.82) is 0 Å². The van der Waals surface area contributed by atoms with Gasteiger partial charge in [-0.2, -0.15) is 0 Å². The molecule has 0 fully saturated rings. The van der Waals surface area contributed by atoms with Crippen molar-refractivity contribution in [2.24, 2.45) is 0 Å². The van der Waals surface area contributed by atoms with Gasteiger partial charge in [-0.15, -0.1) is 0 Å². The SMILES string of the molecule is COC(=O)[C@H]1c2ccc(OCc3cccc(C)c3Cl)cc2CCN1C(=O)OC(C)(C)C. The van der Waals surface area contributed by atoms with Gasteiger partial charge in [0.1, 0.15) is 18.0 Å². The monoisotopic (exact) mass is 445 g/mol. The molecule has 0 spiro atoms. The Hall–Kier alpha value is -2.73. The van der Waals surface area contributed by atoms with Gasteiger partial charge in [0.2, 0.25) is 0 Å². The molecule has 3 rings (SSSR count). The van der Waals surface area contributed by atoms with E-state index >= 15 is 0 Å². The molecule has 0 N–H and O–H groups in total. The summed E-state index contributed by atoms with van der Waals surface area (Å²) < 4.78 is 16.4. The first-order valence-electron chi connectivity index (χ1n) is 10.2. The Kier molecular flexibility index (Phi) is 6.80. The summed E-state index contributed by atoms with van der Waals surface area (Å²) in [6.45, 7) is 8.01. The van der Waals surface area contributed by atoms with Crippen LogP contribution in [0.15, 0.2) is 36.4 Å². The second kappa shape index (κ2) is 9.18. The van der Waals surface area contributed by atoms with E-state index in [1.54, 1.807) is 32.9 Å². The Bertz CT molecular complexity index is 982. The highest BCUT2D eigenvalue weighted by atomic mass is 35.5. The van der Waals surface area contributed by atoms with Crippen molar-refractivity contribution in [2.45, 2.75) is 52.4 Å². The highest BCUT2D eigenvalue weighted by Crippen LogP contribution is 2.34. The summed E-state index contributed by atoms with van der Waals surface area (Å²) >= 11 is 6.36. The van der Waals surface area contributed by atoms with Crippen molar-refractivity contribution in [2.75, 3.05) is 13.7 Å². The quantitative estimate of drug-likeness (QED) is 0.602. The van der Waals surface area contributed by atoms with Crippen molar-refractivity contribution >= 4 is 23.7 Å². The van der Waals surface area contributed by atoms with Gasteiger partial charge in [0, 0.05) is 12.1 Å². The summed E-state index contributed by atoms with van der Waals surface area (Å²) in [4.78, 5) is 26.7. The molecule has 0 unspecified atom stereocenters. The third-order valence-corrected chi connectivity index (χ3v) is 5.60. The fraction of sp³-hybridized carbons (Fsp3) is 0.417. The number of fused-ring (bicyclic) bond motifs is 1. The minimum atomic E-state index is -0.858. The second-order valence-electron chi connectivity index (χ2n) is 8.55. The minimum Gasteiger partial charge on any atom is -0.489 e. The topological polar surface area (TPSA) is 65.1 Å². The molecule has 0 bridgehead atoms. The van der Waals surface area contributed by atoms with E-state index in [1.807, 2.05) is 31.2 Å². The van der Waals surface area contributed by atoms with Gasteiger partial charge in [0.05, 0.1) is 12.1 Å². The maximum atomic E-state index is 12.7. The van der Waals surface area contributed by atoms with E-state index in [9.17, 15) is 9.59 Å². The molecule has 1 aliphatic rings. The second-order valence-corrected chi connectivity index (χ2v) is 8.92. The Labute approximate surface area is 188 Å². The van der Waals surface area contributed by atoms with E-state index < -0.39 is 23.7 Å². The van der Waals surface area contributed by atoms with Crippen LogP contribution >= 0.6 is 11.6 Å². The number of benzene rings is 2. The number of rotatable bonds is 4. The molecule has 0 aliphatic carbocycles. The van der Waals surface area contributed by atoms with E-state index in [4.69, 9.17) is 25.8 Å². The number of carbonyl (C=O) groups is 2. The average Bonchev–Trinajstić information content (AvgIpc) is 2.72. The van der Waals surface area contributed by atoms with Crippen LogP contribution in [0, 0.1) is 6.92 Å². The lowest BCUT2D eigenvalue weighted by atomic mass is 9.92. The van der Waals surface area contributed by atoms with Gasteiger partial charge in [0.25, 0.3) is 0 Å². The molecule has 31 heavy (non-hydrogen) atoms. The molecule has 1 aliphatic heterocycles. The van der Waals surface area contributed by atoms with Crippen LogP contribution in [0.25, 0.3) is 0 Å². The number of amides is 1. The Morgan fingerprint density at radius 3 is 2.61 bits per heavy atom. The van der Waals surface area contributed by atoms with Crippen molar-refractivity contribution < 1.29 is 23.8 Å². The molecule has 1 atom stereocenters. The third kappa shape index (κ3) is 5.31. The van der Waals surface area contributed by atoms with Crippen LogP contribution in [0.4, 0.5) is 4.79 Å². The molecule has 0 aromatic heterocycles. The molecule has 2 aromatic rings. The van der Waals surface area contributed by atoms with Crippen LogP contribution in [-0.2, 0) is 27.3 Å². The van der Waals surface area contributed by atoms with Crippen molar-refractivity contribution in [3.05, 3.63) is 63.7 Å². The molecular formula is C24H28ClNO5. The summed E-state index contributed by atoms with van der Waals surface area (Å²) in [5.74, 6) is 0.165. The number of ether oxygens (including phenoxy) is 3. The van der Waals surface area contributed by atoms with Gasteiger partial charge in [-0.05, 0) is 62.9 Å². The van der Waals surface area contributed by atoms with E-state index in [2.05, 4.69) is 0 Å². The first kappa shape index (κ1) is 22.9. The molecule has 7 heteroatoms. The maximum Gasteiger partial charge on any atom is 0.411 e. The highest BCUT2D eigenvalue weighted by Gasteiger charge is 2.39. The Morgan fingerprint density at radius 1 is 1.19 bits per heavy atom. The zero-order valence-corrected chi connectivity index (χ0v) is 19.3. The third-order valence-electron chi connectivity index (χ3n) is 5.06. The van der Waals surface area contributed by atoms with Crippen molar-refractivity contribution in [1.82, 2.24) is 4.90 Å². The number of hydrogen-bond acceptors (Lipinski definition) is 5. The van der Waals surface area contributed by atoms with Gasteiger partial charge in [-0.3, -0.25) is 4.90 Å². The van der Waals surface area contributed by atoms with Crippen molar-refractivity contribution in [3.63, 3.8) is 0 Å². The van der Waals surface area contributed by atoms with Crippen LogP contribution in [0.5, 0.6) is 5.75 Å². The molecule has 0 saturated heterocycles. The summed E-state index contributed by atoms with van der Waals surface area (Å²) in [7, 11) is 1.31. The van der Waals surface area contributed by atoms with E-state index in [1.165, 1.54) is 12.0 Å². The van der Waals surface area contributed by atoms with E-state index in [-0.39, 0.29) is 0 Å². The molecular weight excluding hydrogens is 418 g/mol. The number of methoxy groups -OCH3 is 1. The van der Waals surface area contributed by atoms with Crippen LogP contribution in [-0.4, -0.2) is 36.2 Å². The molecule has 0 radical (unpaired) electrons. The number of carbonyl (C=O) groups excluding carboxylic acids is 2. The number of aryl methyl sites for hydroxylation is 1. The lowest BCUT2D eigenvalue weighted by Crippen LogP contribution is -2.46. The first-order valence-corrected chi connectivity index (χ1v) is 10.6. The highest BCUT2D eigenvalue weighted by molar-refractivity contribution is 6.32. The molecule has 2 aromatic carbocycles. The van der Waals surface area contributed by atoms with Gasteiger partial charge < -0.3 is 14.2 Å². The minimum absolute atomic E-state index is 0.337. The molecule has 166 valence electrons. The Morgan fingerprint density at radius 2 is 1.94 bits per heavy atom. The maximum absolute atomic E-state index is 12.7. The van der Waals surface area contributed by atoms with Crippen LogP contribution < -0.4 is 4.74 Å². The normalized spacial score (nSPS) is 15.8. The number of nitrogens with zero attached hydrogens (tertiary/aromatic N) is 1. The zero-order valence-electron chi connectivity index (χ0n) is 18.5. The zero-order chi connectivity index (χ0) is 22.8. The summed E-state index contributed by atoms with van der Waals surface area (Å²) in [6.07, 6.45) is 0.0350. The van der Waals surface area contributed by atoms with Crippen LogP contribution in [0.2, 0.25) is 5.02 Å². The van der Waals surface area contributed by atoms with Crippen LogP contribution in [0.3, 0.4) is 0 Å². The number of hydrogen-bond donors (Lipinski definition) is 0. The van der Waals surface area contributed by atoms with Crippen LogP contribution in [0.1, 0.15) is 49.1 Å². The molecule has 1 heterocycles. The smallest absolute Gasteiger partial charge is 0.411 e. The summed E-state index contributed by atoms with van der Waals surface area (Å²) in [5.41, 5.74) is 2.89. The predicted octanol–water partition coefficient (Wildman–Crippen LogP) is 5.23. The van der Waals surface area contributed by atoms with Gasteiger partial charge in [0.15, 0.2) is 6.04 Å². The fourth-order valence-electron chi connectivity index (χ4n) is 3.56. The average molecular weight is 446 g/mol. The van der Waals surface area contributed by atoms with E-state index in [0.717, 1.165) is 16.7 Å². The fourth-order valence-corrected chi connectivity index (χ4v) is 3.74. The number of esters is 1. The number of halogens is 1. The summed E-state index contributed by atoms with van der Waals surface area (Å²) in [5, 5.41) is 0.694. The largest absolute Gasteiger partial charge is 0.489 e. The lowest BCUT2D eigenvalue weighted by molar-refractivity contribution is -0.147. The predicted molar refractivity (Wildman–Crippen MR) is 118 cm³/mol. The van der Waals surface area contributed by atoms with Crippen molar-refractivity contribution in [3.8, 4) is 5.75 Å². The molecule has 1 amide bonds. The summed E-state index contributed by atoms with van der Waals surface area (Å²) in [6, 6.07) is 10.5. The van der Waals surface area contributed by atoms with E-state index in [0.29, 0.717) is 35.9 Å². The lowest BCUT2D eigenvalue weighted by Gasteiger charge is -2.36. The van der Waals surface area contributed by atoms with Gasteiger partial charge in [-0.1, -0.05) is 35.9 Å². The first-order chi connectivity index (χ1) is 14.6. The molecule has 6 nitrogen and oxygen atoms in total.